The van der Waals surface area contributed by atoms with Gasteiger partial charge in [-0.1, -0.05) is 25.1 Å². The third-order valence-electron chi connectivity index (χ3n) is 4.74. The number of rotatable bonds is 6. The second-order valence-electron chi connectivity index (χ2n) is 6.57. The molecule has 0 unspecified atom stereocenters. The van der Waals surface area contributed by atoms with Gasteiger partial charge in [0.05, 0.1) is 7.11 Å². The van der Waals surface area contributed by atoms with Crippen LogP contribution < -0.4 is 10.1 Å². The largest absolute Gasteiger partial charge is 0.497 e. The van der Waals surface area contributed by atoms with E-state index in [1.54, 1.807) is 13.2 Å². The lowest BCUT2D eigenvalue weighted by molar-refractivity contribution is -0.112. The van der Waals surface area contributed by atoms with Gasteiger partial charge in [-0.15, -0.1) is 0 Å². The van der Waals surface area contributed by atoms with Crippen molar-refractivity contribution in [3.05, 3.63) is 83.2 Å². The summed E-state index contributed by atoms with van der Waals surface area (Å²) in [6.07, 6.45) is 2.41. The number of carbonyl (C=O) groups is 1. The van der Waals surface area contributed by atoms with E-state index < -0.39 is 5.91 Å². The smallest absolute Gasteiger partial charge is 0.266 e. The highest BCUT2D eigenvalue weighted by atomic mass is 16.5. The van der Waals surface area contributed by atoms with Crippen molar-refractivity contribution in [2.75, 3.05) is 12.4 Å². The van der Waals surface area contributed by atoms with E-state index in [2.05, 4.69) is 5.32 Å². The lowest BCUT2D eigenvalue weighted by Gasteiger charge is -2.12. The molecule has 0 spiro atoms. The predicted octanol–water partition coefficient (Wildman–Crippen LogP) is 4.90. The average Bonchev–Trinajstić information content (AvgIpc) is 3.12. The second-order valence-corrected chi connectivity index (χ2v) is 6.57. The van der Waals surface area contributed by atoms with Crippen molar-refractivity contribution in [2.24, 2.45) is 0 Å². The molecule has 5 heteroatoms. The molecular weight excluding hydrogens is 362 g/mol. The third-order valence-corrected chi connectivity index (χ3v) is 4.74. The highest BCUT2D eigenvalue weighted by Gasteiger charge is 2.14. The number of ether oxygens (including phenoxy) is 1. The van der Waals surface area contributed by atoms with Crippen LogP contribution in [0, 0.1) is 18.3 Å². The molecule has 2 aromatic carbocycles. The van der Waals surface area contributed by atoms with Gasteiger partial charge >= 0.3 is 0 Å². The molecule has 1 heterocycles. The van der Waals surface area contributed by atoms with E-state index in [9.17, 15) is 10.1 Å². The van der Waals surface area contributed by atoms with Crippen LogP contribution in [0.1, 0.15) is 23.9 Å². The molecule has 0 radical (unpaired) electrons. The van der Waals surface area contributed by atoms with E-state index in [1.807, 2.05) is 85.1 Å². The van der Waals surface area contributed by atoms with Crippen molar-refractivity contribution in [3.63, 3.8) is 0 Å². The highest BCUT2D eigenvalue weighted by molar-refractivity contribution is 6.09. The molecule has 1 aromatic heterocycles. The van der Waals surface area contributed by atoms with Gasteiger partial charge in [-0.3, -0.25) is 4.79 Å². The maximum Gasteiger partial charge on any atom is 0.266 e. The molecular formula is C24H23N3O2. The van der Waals surface area contributed by atoms with Crippen LogP contribution in [0.25, 0.3) is 11.8 Å². The lowest BCUT2D eigenvalue weighted by atomic mass is 10.1. The molecule has 0 aliphatic heterocycles. The fourth-order valence-corrected chi connectivity index (χ4v) is 3.19. The number of hydrogen-bond acceptors (Lipinski definition) is 3. The lowest BCUT2D eigenvalue weighted by Crippen LogP contribution is -2.15. The maximum absolute atomic E-state index is 12.7. The Hall–Kier alpha value is -3.78. The summed E-state index contributed by atoms with van der Waals surface area (Å²) >= 11 is 0. The van der Waals surface area contributed by atoms with E-state index in [-0.39, 0.29) is 5.57 Å². The first-order valence-electron chi connectivity index (χ1n) is 9.41. The van der Waals surface area contributed by atoms with Crippen LogP contribution in [0.2, 0.25) is 0 Å². The summed E-state index contributed by atoms with van der Waals surface area (Å²) in [5.41, 5.74) is 4.47. The van der Waals surface area contributed by atoms with Crippen molar-refractivity contribution in [1.29, 1.82) is 5.26 Å². The SMILES string of the molecule is CCc1ccccc1NC(=O)/C(C#N)=C\c1ccc(C)n1-c1ccc(OC)cc1. The molecule has 29 heavy (non-hydrogen) atoms. The number of nitrogens with one attached hydrogen (secondary N) is 1. The second kappa shape index (κ2) is 8.94. The molecule has 3 aromatic rings. The van der Waals surface area contributed by atoms with E-state index in [0.717, 1.165) is 40.5 Å². The van der Waals surface area contributed by atoms with Crippen molar-refractivity contribution in [3.8, 4) is 17.5 Å². The standard InChI is InChI=1S/C24H23N3O2/c1-4-18-7-5-6-8-23(18)26-24(28)19(16-25)15-21-10-9-17(2)27(21)20-11-13-22(29-3)14-12-20/h5-15H,4H2,1-3H3,(H,26,28)/b19-15-. The summed E-state index contributed by atoms with van der Waals surface area (Å²) in [5.74, 6) is 0.343. The molecule has 146 valence electrons. The van der Waals surface area contributed by atoms with Crippen LogP contribution in [0.5, 0.6) is 5.75 Å². The van der Waals surface area contributed by atoms with Crippen LogP contribution in [0.4, 0.5) is 5.69 Å². The molecule has 0 atom stereocenters. The number of carbonyl (C=O) groups excluding carboxylic acids is 1. The van der Waals surface area contributed by atoms with Gasteiger partial charge < -0.3 is 14.6 Å². The Balaban J connectivity index is 1.93. The zero-order chi connectivity index (χ0) is 20.8. The van der Waals surface area contributed by atoms with Crippen molar-refractivity contribution in [1.82, 2.24) is 4.57 Å². The summed E-state index contributed by atoms with van der Waals surface area (Å²) in [6.45, 7) is 4.00. The number of aryl methyl sites for hydroxylation is 2. The van der Waals surface area contributed by atoms with E-state index in [0.29, 0.717) is 0 Å². The number of hydrogen-bond donors (Lipinski definition) is 1. The zero-order valence-electron chi connectivity index (χ0n) is 16.8. The first kappa shape index (κ1) is 20.0. The third kappa shape index (κ3) is 4.39. The average molecular weight is 385 g/mol. The number of benzene rings is 2. The molecule has 0 aliphatic carbocycles. The first-order chi connectivity index (χ1) is 14.1. The Morgan fingerprint density at radius 3 is 2.52 bits per heavy atom. The van der Waals surface area contributed by atoms with Gasteiger partial charge in [-0.05, 0) is 67.4 Å². The maximum atomic E-state index is 12.7. The molecule has 0 aliphatic rings. The van der Waals surface area contributed by atoms with Crippen molar-refractivity contribution < 1.29 is 9.53 Å². The number of para-hydroxylation sites is 1. The molecule has 1 N–H and O–H groups in total. The quantitative estimate of drug-likeness (QED) is 0.485. The molecule has 0 saturated heterocycles. The summed E-state index contributed by atoms with van der Waals surface area (Å²) in [7, 11) is 1.62. The fraction of sp³-hybridized carbons (Fsp3) is 0.167. The van der Waals surface area contributed by atoms with Crippen LogP contribution in [0.15, 0.2) is 66.2 Å². The van der Waals surface area contributed by atoms with E-state index in [4.69, 9.17) is 4.74 Å². The predicted molar refractivity (Wildman–Crippen MR) is 115 cm³/mol. The summed E-state index contributed by atoms with van der Waals surface area (Å²) in [6, 6.07) is 21.1. The topological polar surface area (TPSA) is 67.0 Å². The van der Waals surface area contributed by atoms with Crippen LogP contribution >= 0.6 is 0 Å². The zero-order valence-corrected chi connectivity index (χ0v) is 16.8. The first-order valence-corrected chi connectivity index (χ1v) is 9.41. The number of nitriles is 1. The van der Waals surface area contributed by atoms with Crippen LogP contribution in [-0.4, -0.2) is 17.6 Å². The van der Waals surface area contributed by atoms with Crippen molar-refractivity contribution >= 4 is 17.7 Å². The molecule has 0 bridgehead atoms. The van der Waals surface area contributed by atoms with Crippen molar-refractivity contribution in [2.45, 2.75) is 20.3 Å². The number of amides is 1. The fourth-order valence-electron chi connectivity index (χ4n) is 3.19. The normalized spacial score (nSPS) is 11.0. The van der Waals surface area contributed by atoms with Gasteiger partial charge in [-0.25, -0.2) is 0 Å². The Bertz CT molecular complexity index is 1090. The molecule has 0 fully saturated rings. The summed E-state index contributed by atoms with van der Waals surface area (Å²) < 4.78 is 7.21. The van der Waals surface area contributed by atoms with Crippen LogP contribution in [-0.2, 0) is 11.2 Å². The Morgan fingerprint density at radius 1 is 1.14 bits per heavy atom. The monoisotopic (exact) mass is 385 g/mol. The van der Waals surface area contributed by atoms with Gasteiger partial charge in [0, 0.05) is 22.8 Å². The van der Waals surface area contributed by atoms with E-state index in [1.165, 1.54) is 0 Å². The van der Waals surface area contributed by atoms with Gasteiger partial charge in [0.1, 0.15) is 17.4 Å². The summed E-state index contributed by atoms with van der Waals surface area (Å²) in [4.78, 5) is 12.7. The minimum absolute atomic E-state index is 0.0452. The van der Waals surface area contributed by atoms with Gasteiger partial charge in [0.2, 0.25) is 0 Å². The van der Waals surface area contributed by atoms with Gasteiger partial charge in [0.25, 0.3) is 5.91 Å². The Kier molecular flexibility index (Phi) is 6.16. The van der Waals surface area contributed by atoms with Gasteiger partial charge in [-0.2, -0.15) is 5.26 Å². The highest BCUT2D eigenvalue weighted by Crippen LogP contribution is 2.22. The minimum Gasteiger partial charge on any atom is -0.497 e. The number of anilines is 1. The van der Waals surface area contributed by atoms with E-state index >= 15 is 0 Å². The molecule has 1 amide bonds. The Morgan fingerprint density at radius 2 is 1.86 bits per heavy atom. The minimum atomic E-state index is -0.423. The summed E-state index contributed by atoms with van der Waals surface area (Å²) in [5, 5.41) is 12.5. The van der Waals surface area contributed by atoms with Gasteiger partial charge in [0.15, 0.2) is 0 Å². The number of aromatic nitrogens is 1. The molecule has 0 saturated carbocycles. The molecule has 3 rings (SSSR count). The molecule has 5 nitrogen and oxygen atoms in total. The number of nitrogens with zero attached hydrogens (tertiary/aromatic N) is 2. The van der Waals surface area contributed by atoms with Crippen LogP contribution in [0.3, 0.4) is 0 Å². The Labute approximate surface area is 170 Å². The number of methoxy groups -OCH3 is 1.